The topological polar surface area (TPSA) is 55.2 Å². The van der Waals surface area contributed by atoms with E-state index in [0.29, 0.717) is 5.02 Å². The van der Waals surface area contributed by atoms with Gasteiger partial charge in [-0.25, -0.2) is 0 Å². The predicted molar refractivity (Wildman–Crippen MR) is 71.1 cm³/mol. The highest BCUT2D eigenvalue weighted by Crippen LogP contribution is 2.29. The van der Waals surface area contributed by atoms with Crippen LogP contribution < -0.4 is 5.32 Å². The molecule has 0 aliphatic rings. The van der Waals surface area contributed by atoms with E-state index in [9.17, 15) is 23.3 Å². The number of hydrogen-bond acceptors (Lipinski definition) is 3. The molecule has 0 saturated carbocycles. The lowest BCUT2D eigenvalue weighted by Gasteiger charge is -2.16. The van der Waals surface area contributed by atoms with Gasteiger partial charge in [0.1, 0.15) is 5.69 Å². The van der Waals surface area contributed by atoms with Crippen LogP contribution in [0.4, 0.5) is 24.5 Å². The van der Waals surface area contributed by atoms with Crippen LogP contribution in [-0.4, -0.2) is 17.1 Å². The molecule has 0 heterocycles. The lowest BCUT2D eigenvalue weighted by atomic mass is 10.1. The third-order valence-corrected chi connectivity index (χ3v) is 2.89. The summed E-state index contributed by atoms with van der Waals surface area (Å²) in [5.74, 6) is 0. The second-order valence-electron chi connectivity index (χ2n) is 4.47. The van der Waals surface area contributed by atoms with E-state index in [1.54, 1.807) is 6.92 Å². The molecule has 1 atom stereocenters. The Kier molecular flexibility index (Phi) is 5.62. The van der Waals surface area contributed by atoms with E-state index in [2.05, 4.69) is 5.32 Å². The summed E-state index contributed by atoms with van der Waals surface area (Å²) >= 11 is 5.76. The van der Waals surface area contributed by atoms with Crippen LogP contribution in [0.15, 0.2) is 18.2 Å². The number of nitro groups is 1. The summed E-state index contributed by atoms with van der Waals surface area (Å²) in [6, 6.07) is 3.71. The van der Waals surface area contributed by atoms with Gasteiger partial charge in [-0.1, -0.05) is 11.6 Å². The molecule has 0 saturated heterocycles. The van der Waals surface area contributed by atoms with Crippen LogP contribution >= 0.6 is 11.6 Å². The molecule has 0 radical (unpaired) electrons. The van der Waals surface area contributed by atoms with Gasteiger partial charge in [-0.05, 0) is 31.9 Å². The molecular formula is C12H14ClF3N2O2. The van der Waals surface area contributed by atoms with Crippen LogP contribution in [0.2, 0.25) is 5.02 Å². The predicted octanol–water partition coefficient (Wildman–Crippen LogP) is 4.78. The molecule has 0 amide bonds. The molecule has 1 rings (SSSR count). The normalized spacial score (nSPS) is 13.1. The summed E-state index contributed by atoms with van der Waals surface area (Å²) in [5.41, 5.74) is 0.0547. The number of alkyl halides is 3. The number of nitrogens with one attached hydrogen (secondary N) is 1. The van der Waals surface area contributed by atoms with Crippen LogP contribution in [0.1, 0.15) is 26.2 Å². The van der Waals surface area contributed by atoms with Crippen LogP contribution in [0, 0.1) is 10.1 Å². The van der Waals surface area contributed by atoms with E-state index in [1.807, 2.05) is 0 Å². The Morgan fingerprint density at radius 1 is 1.45 bits per heavy atom. The van der Waals surface area contributed by atoms with Crippen molar-refractivity contribution in [3.63, 3.8) is 0 Å². The highest BCUT2D eigenvalue weighted by Gasteiger charge is 2.26. The molecule has 0 aliphatic heterocycles. The van der Waals surface area contributed by atoms with Gasteiger partial charge in [0.2, 0.25) is 0 Å². The summed E-state index contributed by atoms with van der Waals surface area (Å²) in [7, 11) is 0. The molecule has 4 nitrogen and oxygen atoms in total. The fraction of sp³-hybridized carbons (Fsp3) is 0.500. The smallest absolute Gasteiger partial charge is 0.377 e. The first-order valence-corrected chi connectivity index (χ1v) is 6.34. The summed E-state index contributed by atoms with van der Waals surface area (Å²) in [4.78, 5) is 10.3. The first-order valence-electron chi connectivity index (χ1n) is 5.96. The van der Waals surface area contributed by atoms with Gasteiger partial charge in [0.15, 0.2) is 0 Å². The van der Waals surface area contributed by atoms with Crippen molar-refractivity contribution in [2.45, 2.75) is 38.4 Å². The Bertz CT molecular complexity index is 480. The third kappa shape index (κ3) is 5.64. The van der Waals surface area contributed by atoms with Crippen molar-refractivity contribution >= 4 is 23.0 Å². The van der Waals surface area contributed by atoms with E-state index in [-0.39, 0.29) is 30.3 Å². The molecule has 0 aliphatic carbocycles. The van der Waals surface area contributed by atoms with Crippen LogP contribution in [-0.2, 0) is 0 Å². The van der Waals surface area contributed by atoms with Crippen molar-refractivity contribution in [2.75, 3.05) is 5.32 Å². The standard InChI is InChI=1S/C12H14ClF3N2O2/c1-8(3-2-6-12(14,15)16)17-10-7-9(13)4-5-11(10)18(19)20/h4-5,7-8,17H,2-3,6H2,1H3. The van der Waals surface area contributed by atoms with Crippen LogP contribution in [0.3, 0.4) is 0 Å². The number of benzene rings is 1. The highest BCUT2D eigenvalue weighted by atomic mass is 35.5. The fourth-order valence-electron chi connectivity index (χ4n) is 1.73. The minimum absolute atomic E-state index is 0.0357. The first kappa shape index (κ1) is 16.6. The Hall–Kier alpha value is -1.50. The molecule has 1 unspecified atom stereocenters. The molecule has 1 aromatic rings. The maximum absolute atomic E-state index is 12.0. The van der Waals surface area contributed by atoms with E-state index < -0.39 is 17.5 Å². The van der Waals surface area contributed by atoms with E-state index in [4.69, 9.17) is 11.6 Å². The first-order chi connectivity index (χ1) is 9.19. The SMILES string of the molecule is CC(CCCC(F)(F)F)Nc1cc(Cl)ccc1[N+](=O)[O-]. The number of nitrogens with zero attached hydrogens (tertiary/aromatic N) is 1. The number of nitro benzene ring substituents is 1. The molecule has 112 valence electrons. The van der Waals surface area contributed by atoms with Gasteiger partial charge in [0.05, 0.1) is 4.92 Å². The summed E-state index contributed by atoms with van der Waals surface area (Å²) < 4.78 is 36.1. The average Bonchev–Trinajstić information content (AvgIpc) is 2.26. The number of anilines is 1. The van der Waals surface area contributed by atoms with Gasteiger partial charge < -0.3 is 5.32 Å². The second-order valence-corrected chi connectivity index (χ2v) is 4.91. The molecule has 20 heavy (non-hydrogen) atoms. The van der Waals surface area contributed by atoms with Crippen LogP contribution in [0.25, 0.3) is 0 Å². The van der Waals surface area contributed by atoms with Crippen molar-refractivity contribution < 1.29 is 18.1 Å². The number of halogens is 4. The Morgan fingerprint density at radius 2 is 2.10 bits per heavy atom. The van der Waals surface area contributed by atoms with Gasteiger partial charge in [-0.15, -0.1) is 0 Å². The molecule has 8 heteroatoms. The Morgan fingerprint density at radius 3 is 2.65 bits per heavy atom. The van der Waals surface area contributed by atoms with Crippen molar-refractivity contribution in [2.24, 2.45) is 0 Å². The van der Waals surface area contributed by atoms with E-state index in [0.717, 1.165) is 0 Å². The van der Waals surface area contributed by atoms with Gasteiger partial charge >= 0.3 is 6.18 Å². The molecule has 1 N–H and O–H groups in total. The molecule has 0 fully saturated rings. The monoisotopic (exact) mass is 310 g/mol. The summed E-state index contributed by atoms with van der Waals surface area (Å²) in [6.45, 7) is 1.67. The van der Waals surface area contributed by atoms with Crippen LogP contribution in [0.5, 0.6) is 0 Å². The number of rotatable bonds is 6. The fourth-order valence-corrected chi connectivity index (χ4v) is 1.90. The lowest BCUT2D eigenvalue weighted by Crippen LogP contribution is -2.17. The zero-order valence-corrected chi connectivity index (χ0v) is 11.5. The molecule has 1 aromatic carbocycles. The van der Waals surface area contributed by atoms with Gasteiger partial charge in [0.25, 0.3) is 5.69 Å². The Labute approximate surface area is 119 Å². The van der Waals surface area contributed by atoms with E-state index >= 15 is 0 Å². The zero-order valence-electron chi connectivity index (χ0n) is 10.7. The summed E-state index contributed by atoms with van der Waals surface area (Å²) in [6.07, 6.45) is -4.83. The van der Waals surface area contributed by atoms with Crippen molar-refractivity contribution in [3.8, 4) is 0 Å². The molecular weight excluding hydrogens is 297 g/mol. The third-order valence-electron chi connectivity index (χ3n) is 2.65. The van der Waals surface area contributed by atoms with E-state index in [1.165, 1.54) is 18.2 Å². The van der Waals surface area contributed by atoms with Gasteiger partial charge in [0, 0.05) is 23.6 Å². The quantitative estimate of drug-likeness (QED) is 0.607. The van der Waals surface area contributed by atoms with Gasteiger partial charge in [-0.3, -0.25) is 10.1 Å². The lowest BCUT2D eigenvalue weighted by molar-refractivity contribution is -0.384. The minimum atomic E-state index is -4.18. The molecule has 0 spiro atoms. The average molecular weight is 311 g/mol. The molecule has 0 aromatic heterocycles. The van der Waals surface area contributed by atoms with Crippen molar-refractivity contribution in [1.29, 1.82) is 0 Å². The van der Waals surface area contributed by atoms with Gasteiger partial charge in [-0.2, -0.15) is 13.2 Å². The zero-order chi connectivity index (χ0) is 15.3. The van der Waals surface area contributed by atoms with Crippen molar-refractivity contribution in [3.05, 3.63) is 33.3 Å². The largest absolute Gasteiger partial charge is 0.389 e. The second kappa shape index (κ2) is 6.78. The maximum atomic E-state index is 12.0. The molecule has 0 bridgehead atoms. The highest BCUT2D eigenvalue weighted by molar-refractivity contribution is 6.31. The van der Waals surface area contributed by atoms with Crippen molar-refractivity contribution in [1.82, 2.24) is 0 Å². The Balaban J connectivity index is 2.63. The number of hydrogen-bond donors (Lipinski definition) is 1. The minimum Gasteiger partial charge on any atom is -0.377 e. The maximum Gasteiger partial charge on any atom is 0.389 e. The summed E-state index contributed by atoms with van der Waals surface area (Å²) in [5, 5.41) is 14.0.